The standard InChI is InChI=1S/C16H21ClN2O4S/c17-15-6-5-12(19-7-1-2-9-24(19,21)22)10-14(15)16(20)18-11-13-4-3-8-23-13/h5-6,10,13H,1-4,7-9,11H2,(H,18,20). The number of anilines is 1. The van der Waals surface area contributed by atoms with Crippen molar-refractivity contribution in [2.24, 2.45) is 0 Å². The van der Waals surface area contributed by atoms with E-state index in [0.717, 1.165) is 25.9 Å². The average molecular weight is 373 g/mol. The van der Waals surface area contributed by atoms with Gasteiger partial charge in [-0.1, -0.05) is 11.6 Å². The van der Waals surface area contributed by atoms with Crippen molar-refractivity contribution in [1.82, 2.24) is 5.32 Å². The smallest absolute Gasteiger partial charge is 0.252 e. The molecule has 2 fully saturated rings. The Kier molecular flexibility index (Phi) is 5.32. The van der Waals surface area contributed by atoms with Crippen LogP contribution < -0.4 is 9.62 Å². The number of hydrogen-bond acceptors (Lipinski definition) is 4. The molecule has 2 saturated heterocycles. The summed E-state index contributed by atoms with van der Waals surface area (Å²) in [6.45, 7) is 1.59. The summed E-state index contributed by atoms with van der Waals surface area (Å²) in [7, 11) is -3.32. The van der Waals surface area contributed by atoms with Gasteiger partial charge < -0.3 is 10.1 Å². The number of rotatable bonds is 4. The molecule has 6 nitrogen and oxygen atoms in total. The van der Waals surface area contributed by atoms with Crippen LogP contribution in [0, 0.1) is 0 Å². The van der Waals surface area contributed by atoms with E-state index in [1.165, 1.54) is 4.31 Å². The first kappa shape index (κ1) is 17.5. The lowest BCUT2D eigenvalue weighted by molar-refractivity contribution is 0.0858. The summed E-state index contributed by atoms with van der Waals surface area (Å²) >= 11 is 6.14. The minimum atomic E-state index is -3.32. The maximum atomic E-state index is 12.4. The molecule has 0 saturated carbocycles. The number of sulfonamides is 1. The number of hydrogen-bond donors (Lipinski definition) is 1. The summed E-state index contributed by atoms with van der Waals surface area (Å²) in [6, 6.07) is 4.76. The summed E-state index contributed by atoms with van der Waals surface area (Å²) in [6.07, 6.45) is 3.45. The van der Waals surface area contributed by atoms with E-state index in [2.05, 4.69) is 5.32 Å². The van der Waals surface area contributed by atoms with Crippen LogP contribution in [0.2, 0.25) is 5.02 Å². The Labute approximate surface area is 147 Å². The summed E-state index contributed by atoms with van der Waals surface area (Å²) < 4.78 is 31.3. The third-order valence-corrected chi connectivity index (χ3v) is 6.55. The highest BCUT2D eigenvalue weighted by atomic mass is 35.5. The number of halogens is 1. The molecule has 0 aliphatic carbocycles. The molecule has 1 N–H and O–H groups in total. The largest absolute Gasteiger partial charge is 0.376 e. The van der Waals surface area contributed by atoms with Crippen LogP contribution in [0.3, 0.4) is 0 Å². The lowest BCUT2D eigenvalue weighted by Gasteiger charge is -2.28. The Hall–Kier alpha value is -1.31. The van der Waals surface area contributed by atoms with E-state index in [1.807, 2.05) is 0 Å². The quantitative estimate of drug-likeness (QED) is 0.878. The van der Waals surface area contributed by atoms with Crippen molar-refractivity contribution < 1.29 is 17.9 Å². The van der Waals surface area contributed by atoms with Crippen molar-refractivity contribution in [3.8, 4) is 0 Å². The van der Waals surface area contributed by atoms with Crippen molar-refractivity contribution in [2.45, 2.75) is 31.8 Å². The molecule has 3 rings (SSSR count). The van der Waals surface area contributed by atoms with Crippen molar-refractivity contribution >= 4 is 33.2 Å². The first-order valence-corrected chi connectivity index (χ1v) is 10.2. The average Bonchev–Trinajstić information content (AvgIpc) is 3.06. The highest BCUT2D eigenvalue weighted by Crippen LogP contribution is 2.28. The van der Waals surface area contributed by atoms with Crippen LogP contribution in [0.1, 0.15) is 36.0 Å². The Morgan fingerprint density at radius 1 is 1.33 bits per heavy atom. The monoisotopic (exact) mass is 372 g/mol. The number of carbonyl (C=O) groups is 1. The van der Waals surface area contributed by atoms with Gasteiger partial charge in [-0.2, -0.15) is 0 Å². The SMILES string of the molecule is O=C(NCC1CCCO1)c1cc(N2CCCCS2(=O)=O)ccc1Cl. The molecule has 0 bridgehead atoms. The number of ether oxygens (including phenoxy) is 1. The molecule has 1 aromatic carbocycles. The van der Waals surface area contributed by atoms with Gasteiger partial charge in [-0.25, -0.2) is 8.42 Å². The minimum absolute atomic E-state index is 0.0402. The lowest BCUT2D eigenvalue weighted by atomic mass is 10.1. The Bertz CT molecular complexity index is 717. The molecule has 1 amide bonds. The molecule has 1 unspecified atom stereocenters. The number of carbonyl (C=O) groups excluding carboxylic acids is 1. The van der Waals surface area contributed by atoms with Crippen LogP contribution in [-0.4, -0.2) is 45.9 Å². The fourth-order valence-corrected chi connectivity index (χ4v) is 4.86. The molecular formula is C16H21ClN2O4S. The maximum absolute atomic E-state index is 12.4. The predicted molar refractivity (Wildman–Crippen MR) is 93.1 cm³/mol. The van der Waals surface area contributed by atoms with Gasteiger partial charge in [0.1, 0.15) is 0 Å². The minimum Gasteiger partial charge on any atom is -0.376 e. The number of amides is 1. The first-order chi connectivity index (χ1) is 11.5. The van der Waals surface area contributed by atoms with E-state index in [1.54, 1.807) is 18.2 Å². The van der Waals surface area contributed by atoms with Gasteiger partial charge in [0.15, 0.2) is 0 Å². The van der Waals surface area contributed by atoms with Gasteiger partial charge in [0.05, 0.1) is 28.1 Å². The van der Waals surface area contributed by atoms with E-state index in [0.29, 0.717) is 30.2 Å². The van der Waals surface area contributed by atoms with Crippen LogP contribution in [0.5, 0.6) is 0 Å². The van der Waals surface area contributed by atoms with Crippen molar-refractivity contribution in [1.29, 1.82) is 0 Å². The third-order valence-electron chi connectivity index (χ3n) is 4.35. The molecule has 24 heavy (non-hydrogen) atoms. The van der Waals surface area contributed by atoms with E-state index in [9.17, 15) is 13.2 Å². The molecule has 0 spiro atoms. The van der Waals surface area contributed by atoms with Gasteiger partial charge in [-0.05, 0) is 43.9 Å². The van der Waals surface area contributed by atoms with Crippen LogP contribution in [-0.2, 0) is 14.8 Å². The second-order valence-electron chi connectivity index (χ2n) is 6.10. The molecule has 132 valence electrons. The van der Waals surface area contributed by atoms with Crippen molar-refractivity contribution in [3.05, 3.63) is 28.8 Å². The normalized spacial score (nSPS) is 23.2. The number of nitrogens with zero attached hydrogens (tertiary/aromatic N) is 1. The van der Waals surface area contributed by atoms with Crippen LogP contribution in [0.4, 0.5) is 5.69 Å². The molecular weight excluding hydrogens is 352 g/mol. The highest BCUT2D eigenvalue weighted by Gasteiger charge is 2.27. The topological polar surface area (TPSA) is 75.7 Å². The predicted octanol–water partition coefficient (Wildman–Crippen LogP) is 2.18. The second-order valence-corrected chi connectivity index (χ2v) is 8.52. The molecule has 2 aliphatic heterocycles. The molecule has 2 heterocycles. The fourth-order valence-electron chi connectivity index (χ4n) is 3.03. The highest BCUT2D eigenvalue weighted by molar-refractivity contribution is 7.92. The molecule has 2 aliphatic rings. The number of nitrogens with one attached hydrogen (secondary N) is 1. The van der Waals surface area contributed by atoms with Gasteiger partial charge in [-0.3, -0.25) is 9.10 Å². The van der Waals surface area contributed by atoms with Gasteiger partial charge in [0.2, 0.25) is 10.0 Å². The molecule has 1 aromatic rings. The van der Waals surface area contributed by atoms with E-state index in [4.69, 9.17) is 16.3 Å². The van der Waals surface area contributed by atoms with Crippen LogP contribution in [0.15, 0.2) is 18.2 Å². The molecule has 0 radical (unpaired) electrons. The fraction of sp³-hybridized carbons (Fsp3) is 0.562. The molecule has 0 aromatic heterocycles. The van der Waals surface area contributed by atoms with Gasteiger partial charge >= 0.3 is 0 Å². The molecule has 8 heteroatoms. The first-order valence-electron chi connectivity index (χ1n) is 8.17. The zero-order chi connectivity index (χ0) is 17.2. The zero-order valence-corrected chi connectivity index (χ0v) is 14.9. The summed E-state index contributed by atoms with van der Waals surface area (Å²) in [4.78, 5) is 12.4. The Morgan fingerprint density at radius 3 is 2.88 bits per heavy atom. The molecule has 1 atom stereocenters. The van der Waals surface area contributed by atoms with E-state index >= 15 is 0 Å². The maximum Gasteiger partial charge on any atom is 0.252 e. The third kappa shape index (κ3) is 3.84. The lowest BCUT2D eigenvalue weighted by Crippen LogP contribution is -2.38. The van der Waals surface area contributed by atoms with E-state index in [-0.39, 0.29) is 23.3 Å². The van der Waals surface area contributed by atoms with Gasteiger partial charge in [0.25, 0.3) is 5.91 Å². The Balaban J connectivity index is 1.76. The van der Waals surface area contributed by atoms with E-state index < -0.39 is 10.0 Å². The van der Waals surface area contributed by atoms with Gasteiger partial charge in [-0.15, -0.1) is 0 Å². The van der Waals surface area contributed by atoms with Crippen molar-refractivity contribution in [2.75, 3.05) is 29.8 Å². The van der Waals surface area contributed by atoms with Crippen LogP contribution in [0.25, 0.3) is 0 Å². The zero-order valence-electron chi connectivity index (χ0n) is 13.3. The summed E-state index contributed by atoms with van der Waals surface area (Å²) in [5, 5.41) is 3.12. The summed E-state index contributed by atoms with van der Waals surface area (Å²) in [5.41, 5.74) is 0.773. The number of benzene rings is 1. The Morgan fingerprint density at radius 2 is 2.17 bits per heavy atom. The van der Waals surface area contributed by atoms with Crippen LogP contribution >= 0.6 is 11.6 Å². The van der Waals surface area contributed by atoms with Gasteiger partial charge in [0, 0.05) is 19.7 Å². The second kappa shape index (κ2) is 7.29. The summed E-state index contributed by atoms with van der Waals surface area (Å²) in [5.74, 6) is -0.178. The van der Waals surface area contributed by atoms with Crippen molar-refractivity contribution in [3.63, 3.8) is 0 Å².